The highest BCUT2D eigenvalue weighted by atomic mass is 32.2. The van der Waals surface area contributed by atoms with E-state index in [1.807, 2.05) is 6.92 Å². The third-order valence-electron chi connectivity index (χ3n) is 3.62. The number of carbonyl (C=O) groups is 1. The molecule has 1 saturated carbocycles. The fourth-order valence-corrected chi connectivity index (χ4v) is 4.03. The standard InChI is InChI=1S/C16H20O3S/c1-13(10-14-6-5-7-15(17)11-14)12-20(18,19)16-8-3-2-4-9-16/h2-4,8-9,12,14H,5-7,10-11H2,1H3/b13-12+. The quantitative estimate of drug-likeness (QED) is 0.853. The Kier molecular flexibility index (Phi) is 4.76. The molecule has 0 N–H and O–H groups in total. The lowest BCUT2D eigenvalue weighted by Crippen LogP contribution is -2.15. The van der Waals surface area contributed by atoms with E-state index < -0.39 is 9.84 Å². The summed E-state index contributed by atoms with van der Waals surface area (Å²) in [5.74, 6) is 0.610. The van der Waals surface area contributed by atoms with E-state index in [2.05, 4.69) is 0 Å². The number of hydrogen-bond acceptors (Lipinski definition) is 3. The van der Waals surface area contributed by atoms with Crippen LogP contribution in [0.1, 0.15) is 39.0 Å². The van der Waals surface area contributed by atoms with Crippen molar-refractivity contribution < 1.29 is 13.2 Å². The second-order valence-electron chi connectivity index (χ2n) is 5.53. The minimum atomic E-state index is -3.37. The predicted molar refractivity (Wildman–Crippen MR) is 79.0 cm³/mol. The molecule has 3 nitrogen and oxygen atoms in total. The maximum Gasteiger partial charge on any atom is 0.199 e. The lowest BCUT2D eigenvalue weighted by Gasteiger charge is -2.20. The van der Waals surface area contributed by atoms with Crippen molar-refractivity contribution in [1.29, 1.82) is 0 Å². The van der Waals surface area contributed by atoms with E-state index in [0.717, 1.165) is 18.4 Å². The van der Waals surface area contributed by atoms with E-state index in [4.69, 9.17) is 0 Å². The van der Waals surface area contributed by atoms with Crippen molar-refractivity contribution in [3.05, 3.63) is 41.3 Å². The van der Waals surface area contributed by atoms with Crippen molar-refractivity contribution in [3.8, 4) is 0 Å². The van der Waals surface area contributed by atoms with E-state index in [0.29, 0.717) is 35.9 Å². The van der Waals surface area contributed by atoms with Crippen LogP contribution in [0.15, 0.2) is 46.2 Å². The summed E-state index contributed by atoms with van der Waals surface area (Å²) in [6.07, 6.45) is 3.92. The van der Waals surface area contributed by atoms with Crippen molar-refractivity contribution in [2.24, 2.45) is 5.92 Å². The zero-order valence-corrected chi connectivity index (χ0v) is 12.5. The van der Waals surface area contributed by atoms with Gasteiger partial charge < -0.3 is 0 Å². The molecular formula is C16H20O3S. The van der Waals surface area contributed by atoms with Crippen molar-refractivity contribution in [2.75, 3.05) is 0 Å². The zero-order chi connectivity index (χ0) is 14.6. The summed E-state index contributed by atoms with van der Waals surface area (Å²) in [6, 6.07) is 8.43. The fourth-order valence-electron chi connectivity index (χ4n) is 2.73. The normalized spacial score (nSPS) is 20.9. The van der Waals surface area contributed by atoms with E-state index in [1.165, 1.54) is 5.41 Å². The van der Waals surface area contributed by atoms with Crippen LogP contribution in [0.2, 0.25) is 0 Å². The molecule has 2 rings (SSSR count). The highest BCUT2D eigenvalue weighted by Crippen LogP contribution is 2.27. The summed E-state index contributed by atoms with van der Waals surface area (Å²) in [6.45, 7) is 1.83. The first-order valence-electron chi connectivity index (χ1n) is 6.96. The van der Waals surface area contributed by atoms with Crippen molar-refractivity contribution >= 4 is 15.6 Å². The van der Waals surface area contributed by atoms with Gasteiger partial charge in [0.1, 0.15) is 5.78 Å². The number of hydrogen-bond donors (Lipinski definition) is 0. The molecule has 0 amide bonds. The Morgan fingerprint density at radius 1 is 1.30 bits per heavy atom. The van der Waals surface area contributed by atoms with Crippen LogP contribution in [0.25, 0.3) is 0 Å². The van der Waals surface area contributed by atoms with Gasteiger partial charge in [-0.2, -0.15) is 0 Å². The zero-order valence-electron chi connectivity index (χ0n) is 11.7. The fraction of sp³-hybridized carbons (Fsp3) is 0.438. The molecule has 4 heteroatoms. The van der Waals surface area contributed by atoms with E-state index in [-0.39, 0.29) is 0 Å². The SMILES string of the molecule is C/C(=C\S(=O)(=O)c1ccccc1)CC1CCCC(=O)C1. The Hall–Kier alpha value is -1.42. The lowest BCUT2D eigenvalue weighted by molar-refractivity contribution is -0.121. The molecule has 0 heterocycles. The van der Waals surface area contributed by atoms with Crippen molar-refractivity contribution in [3.63, 3.8) is 0 Å². The number of benzene rings is 1. The van der Waals surface area contributed by atoms with Crippen molar-refractivity contribution in [1.82, 2.24) is 0 Å². The first-order chi connectivity index (χ1) is 9.47. The molecule has 1 aliphatic rings. The molecule has 1 atom stereocenters. The largest absolute Gasteiger partial charge is 0.300 e. The number of ketones is 1. The van der Waals surface area contributed by atoms with Gasteiger partial charge in [-0.25, -0.2) is 8.42 Å². The Morgan fingerprint density at radius 2 is 2.00 bits per heavy atom. The predicted octanol–water partition coefficient (Wildman–Crippen LogP) is 3.51. The molecule has 0 bridgehead atoms. The van der Waals surface area contributed by atoms with Gasteiger partial charge in [0.25, 0.3) is 0 Å². The van der Waals surface area contributed by atoms with Gasteiger partial charge in [0.2, 0.25) is 0 Å². The Bertz CT molecular complexity index is 600. The molecular weight excluding hydrogens is 272 g/mol. The Morgan fingerprint density at radius 3 is 2.65 bits per heavy atom. The van der Waals surface area contributed by atoms with Gasteiger partial charge in [0, 0.05) is 18.2 Å². The average Bonchev–Trinajstić information content (AvgIpc) is 2.39. The van der Waals surface area contributed by atoms with E-state index in [9.17, 15) is 13.2 Å². The van der Waals surface area contributed by atoms with Crippen LogP contribution in [0.3, 0.4) is 0 Å². The number of allylic oxidation sites excluding steroid dienone is 1. The van der Waals surface area contributed by atoms with Gasteiger partial charge >= 0.3 is 0 Å². The summed E-state index contributed by atoms with van der Waals surface area (Å²) in [5, 5.41) is 1.35. The molecule has 1 fully saturated rings. The molecule has 1 aromatic rings. The lowest BCUT2D eigenvalue weighted by atomic mass is 9.84. The van der Waals surface area contributed by atoms with Crippen LogP contribution in [0.5, 0.6) is 0 Å². The van der Waals surface area contributed by atoms with Crippen LogP contribution >= 0.6 is 0 Å². The molecule has 0 saturated heterocycles. The smallest absolute Gasteiger partial charge is 0.199 e. The maximum absolute atomic E-state index is 12.2. The van der Waals surface area contributed by atoms with Crippen LogP contribution in [0, 0.1) is 5.92 Å². The molecule has 0 radical (unpaired) electrons. The molecule has 20 heavy (non-hydrogen) atoms. The minimum absolute atomic E-state index is 0.304. The second-order valence-corrected chi connectivity index (χ2v) is 7.32. The summed E-state index contributed by atoms with van der Waals surface area (Å²) in [4.78, 5) is 11.7. The van der Waals surface area contributed by atoms with Crippen LogP contribution in [0.4, 0.5) is 0 Å². The third kappa shape index (κ3) is 4.04. The highest BCUT2D eigenvalue weighted by molar-refractivity contribution is 7.94. The van der Waals surface area contributed by atoms with Crippen molar-refractivity contribution in [2.45, 2.75) is 43.9 Å². The molecule has 108 valence electrons. The van der Waals surface area contributed by atoms with Gasteiger partial charge in [-0.05, 0) is 44.2 Å². The van der Waals surface area contributed by atoms with Gasteiger partial charge in [-0.3, -0.25) is 4.79 Å². The number of carbonyl (C=O) groups excluding carboxylic acids is 1. The number of Topliss-reactive ketones (excluding diaryl/α,β-unsaturated/α-hetero) is 1. The first-order valence-corrected chi connectivity index (χ1v) is 8.51. The second kappa shape index (κ2) is 6.35. The number of rotatable bonds is 4. The monoisotopic (exact) mass is 292 g/mol. The summed E-state index contributed by atoms with van der Waals surface area (Å²) < 4.78 is 24.4. The molecule has 1 unspecified atom stereocenters. The summed E-state index contributed by atoms with van der Waals surface area (Å²) in [5.41, 5.74) is 0.827. The first kappa shape index (κ1) is 15.0. The van der Waals surface area contributed by atoms with E-state index in [1.54, 1.807) is 30.3 Å². The highest BCUT2D eigenvalue weighted by Gasteiger charge is 2.20. The molecule has 0 aliphatic heterocycles. The molecule has 0 aromatic heterocycles. The average molecular weight is 292 g/mol. The molecule has 0 spiro atoms. The molecule has 1 aromatic carbocycles. The molecule has 1 aliphatic carbocycles. The van der Waals surface area contributed by atoms with E-state index >= 15 is 0 Å². The van der Waals surface area contributed by atoms with Gasteiger partial charge in [0.05, 0.1) is 4.90 Å². The van der Waals surface area contributed by atoms with Gasteiger partial charge in [-0.15, -0.1) is 0 Å². The van der Waals surface area contributed by atoms with Gasteiger partial charge in [-0.1, -0.05) is 23.8 Å². The Balaban J connectivity index is 2.08. The third-order valence-corrected chi connectivity index (χ3v) is 5.26. The Labute approximate surface area is 120 Å². The minimum Gasteiger partial charge on any atom is -0.300 e. The summed E-state index contributed by atoms with van der Waals surface area (Å²) in [7, 11) is -3.37. The summed E-state index contributed by atoms with van der Waals surface area (Å²) >= 11 is 0. The van der Waals surface area contributed by atoms with Crippen LogP contribution in [-0.4, -0.2) is 14.2 Å². The van der Waals surface area contributed by atoms with Crippen LogP contribution in [-0.2, 0) is 14.6 Å². The van der Waals surface area contributed by atoms with Gasteiger partial charge in [0.15, 0.2) is 9.84 Å². The maximum atomic E-state index is 12.2. The van der Waals surface area contributed by atoms with Crippen LogP contribution < -0.4 is 0 Å². The number of sulfone groups is 1. The topological polar surface area (TPSA) is 51.2 Å².